The van der Waals surface area contributed by atoms with Gasteiger partial charge in [0.05, 0.1) is 5.52 Å². The topological polar surface area (TPSA) is 50.2 Å². The van der Waals surface area contributed by atoms with Crippen LogP contribution < -0.4 is 15.9 Å². The third-order valence-corrected chi connectivity index (χ3v) is 7.00. The summed E-state index contributed by atoms with van der Waals surface area (Å²) in [5, 5.41) is 4.28. The summed E-state index contributed by atoms with van der Waals surface area (Å²) in [6, 6.07) is 5.87. The number of anilines is 1. The van der Waals surface area contributed by atoms with Gasteiger partial charge in [-0.15, -0.1) is 11.8 Å². The number of rotatable bonds is 2. The van der Waals surface area contributed by atoms with Crippen molar-refractivity contribution in [3.8, 4) is 11.1 Å². The summed E-state index contributed by atoms with van der Waals surface area (Å²) in [5.74, 6) is 0.191. The fraction of sp³-hybridized carbons (Fsp3) is 0.364. The predicted octanol–water partition coefficient (Wildman–Crippen LogP) is 3.55. The quantitative estimate of drug-likeness (QED) is 0.677. The lowest BCUT2D eigenvalue weighted by Crippen LogP contribution is -2.51. The molecule has 0 bridgehead atoms. The first-order valence-corrected chi connectivity index (χ1v) is 11.1. The van der Waals surface area contributed by atoms with Crippen molar-refractivity contribution in [2.24, 2.45) is 0 Å². The molecule has 30 heavy (non-hydrogen) atoms. The summed E-state index contributed by atoms with van der Waals surface area (Å²) in [6.45, 7) is 7.03. The van der Waals surface area contributed by atoms with Crippen LogP contribution in [0.15, 0.2) is 34.0 Å². The molecular formula is C22H22F2N4OS. The minimum atomic E-state index is -0.605. The summed E-state index contributed by atoms with van der Waals surface area (Å²) < 4.78 is 29.9. The molecule has 1 fully saturated rings. The molecule has 2 aliphatic rings. The van der Waals surface area contributed by atoms with E-state index in [-0.39, 0.29) is 11.7 Å². The Morgan fingerprint density at radius 3 is 2.83 bits per heavy atom. The van der Waals surface area contributed by atoms with Gasteiger partial charge in [-0.25, -0.2) is 13.6 Å². The lowest BCUT2D eigenvalue weighted by molar-refractivity contribution is 0.497. The molecule has 2 aromatic carbocycles. The van der Waals surface area contributed by atoms with Crippen LogP contribution in [-0.4, -0.2) is 41.0 Å². The molecule has 1 atom stereocenters. The van der Waals surface area contributed by atoms with E-state index in [2.05, 4.69) is 22.1 Å². The van der Waals surface area contributed by atoms with Crippen LogP contribution in [0, 0.1) is 18.6 Å². The van der Waals surface area contributed by atoms with E-state index in [1.807, 2.05) is 13.0 Å². The highest BCUT2D eigenvalue weighted by molar-refractivity contribution is 7.99. The molecule has 3 aromatic rings. The molecule has 0 spiro atoms. The maximum Gasteiger partial charge on any atom is 0.350 e. The van der Waals surface area contributed by atoms with Crippen LogP contribution in [0.4, 0.5) is 14.6 Å². The lowest BCUT2D eigenvalue weighted by atomic mass is 9.97. The fourth-order valence-electron chi connectivity index (χ4n) is 4.51. The van der Waals surface area contributed by atoms with Crippen LogP contribution in [0.1, 0.15) is 12.5 Å². The first-order valence-electron chi connectivity index (χ1n) is 10.1. The predicted molar refractivity (Wildman–Crippen MR) is 116 cm³/mol. The van der Waals surface area contributed by atoms with Gasteiger partial charge in [0.2, 0.25) is 0 Å². The molecule has 5 rings (SSSR count). The maximum absolute atomic E-state index is 14.7. The zero-order valence-electron chi connectivity index (χ0n) is 16.8. The van der Waals surface area contributed by atoms with E-state index in [0.29, 0.717) is 23.7 Å². The molecule has 3 heterocycles. The Labute approximate surface area is 177 Å². The van der Waals surface area contributed by atoms with E-state index in [0.717, 1.165) is 52.6 Å². The van der Waals surface area contributed by atoms with Gasteiger partial charge in [-0.2, -0.15) is 4.98 Å². The van der Waals surface area contributed by atoms with Gasteiger partial charge in [-0.1, -0.05) is 0 Å². The number of nitrogens with zero attached hydrogens (tertiary/aromatic N) is 3. The lowest BCUT2D eigenvalue weighted by Gasteiger charge is -2.36. The molecule has 1 saturated heterocycles. The zero-order valence-corrected chi connectivity index (χ0v) is 17.7. The summed E-state index contributed by atoms with van der Waals surface area (Å²) >= 11 is 1.62. The van der Waals surface area contributed by atoms with Gasteiger partial charge in [-0.3, -0.25) is 4.57 Å². The highest BCUT2D eigenvalue weighted by Crippen LogP contribution is 2.44. The van der Waals surface area contributed by atoms with Gasteiger partial charge in [0, 0.05) is 65.4 Å². The van der Waals surface area contributed by atoms with Crippen molar-refractivity contribution in [3.05, 3.63) is 51.9 Å². The molecule has 156 valence electrons. The van der Waals surface area contributed by atoms with Crippen LogP contribution in [0.3, 0.4) is 0 Å². The Morgan fingerprint density at radius 1 is 1.23 bits per heavy atom. The van der Waals surface area contributed by atoms with E-state index in [9.17, 15) is 13.6 Å². The molecule has 0 aliphatic carbocycles. The van der Waals surface area contributed by atoms with Crippen molar-refractivity contribution in [2.75, 3.05) is 30.3 Å². The molecule has 0 saturated carbocycles. The summed E-state index contributed by atoms with van der Waals surface area (Å²) in [4.78, 5) is 20.5. The van der Waals surface area contributed by atoms with Crippen LogP contribution in [0.5, 0.6) is 0 Å². The SMILES string of the molecule is Cc1cc2c(N3CCNC[C@@H]3C)nc(=O)n3c2c(c1-c1ccc(F)cc1F)SCC3. The van der Waals surface area contributed by atoms with Gasteiger partial charge in [-0.05, 0) is 37.6 Å². The second-order valence-corrected chi connectivity index (χ2v) is 8.99. The van der Waals surface area contributed by atoms with Crippen molar-refractivity contribution in [2.45, 2.75) is 31.3 Å². The van der Waals surface area contributed by atoms with Gasteiger partial charge >= 0.3 is 5.69 Å². The molecule has 0 radical (unpaired) electrons. The Kier molecular flexibility index (Phi) is 4.78. The third kappa shape index (κ3) is 3.01. The minimum Gasteiger partial charge on any atom is -0.351 e. The standard InChI is InChI=1S/C22H22F2N4OS/c1-12-9-16-19-20(18(12)15-4-3-14(23)10-17(15)24)30-8-7-28(19)22(29)26-21(16)27-6-5-25-11-13(27)2/h3-4,9-10,13,25H,5-8,11H2,1-2H3/t13-/m0/s1. The van der Waals surface area contributed by atoms with Gasteiger partial charge in [0.25, 0.3) is 0 Å². The number of halogens is 2. The number of hydrogen-bond acceptors (Lipinski definition) is 5. The zero-order chi connectivity index (χ0) is 21.0. The highest BCUT2D eigenvalue weighted by Gasteiger charge is 2.28. The normalized spacial score (nSPS) is 18.8. The maximum atomic E-state index is 14.7. The fourth-order valence-corrected chi connectivity index (χ4v) is 5.76. The number of piperazine rings is 1. The largest absolute Gasteiger partial charge is 0.351 e. The number of benzene rings is 2. The van der Waals surface area contributed by atoms with Crippen LogP contribution in [0.2, 0.25) is 0 Å². The monoisotopic (exact) mass is 428 g/mol. The average Bonchev–Trinajstić information content (AvgIpc) is 2.72. The van der Waals surface area contributed by atoms with Crippen LogP contribution in [0.25, 0.3) is 22.0 Å². The number of aromatic nitrogens is 2. The second kappa shape index (κ2) is 7.35. The number of nitrogens with one attached hydrogen (secondary N) is 1. The van der Waals surface area contributed by atoms with Crippen molar-refractivity contribution in [1.29, 1.82) is 0 Å². The first kappa shape index (κ1) is 19.5. The molecule has 5 nitrogen and oxygen atoms in total. The van der Waals surface area contributed by atoms with Crippen LogP contribution in [-0.2, 0) is 6.54 Å². The summed E-state index contributed by atoms with van der Waals surface area (Å²) in [7, 11) is 0. The molecule has 0 unspecified atom stereocenters. The molecule has 2 aliphatic heterocycles. The Morgan fingerprint density at radius 2 is 2.07 bits per heavy atom. The minimum absolute atomic E-state index is 0.207. The second-order valence-electron chi connectivity index (χ2n) is 7.88. The van der Waals surface area contributed by atoms with E-state index in [1.165, 1.54) is 12.1 Å². The van der Waals surface area contributed by atoms with E-state index >= 15 is 0 Å². The van der Waals surface area contributed by atoms with Gasteiger partial charge in [0.1, 0.15) is 17.5 Å². The van der Waals surface area contributed by atoms with Gasteiger partial charge < -0.3 is 10.2 Å². The van der Waals surface area contributed by atoms with Crippen molar-refractivity contribution in [1.82, 2.24) is 14.9 Å². The number of aryl methyl sites for hydroxylation is 2. The van der Waals surface area contributed by atoms with Crippen molar-refractivity contribution < 1.29 is 8.78 Å². The summed E-state index contributed by atoms with van der Waals surface area (Å²) in [6.07, 6.45) is 0. The average molecular weight is 429 g/mol. The number of hydrogen-bond donors (Lipinski definition) is 1. The Hall–Kier alpha value is -2.45. The summed E-state index contributed by atoms with van der Waals surface area (Å²) in [5.41, 5.74) is 2.49. The van der Waals surface area contributed by atoms with Crippen molar-refractivity contribution >= 4 is 28.5 Å². The molecule has 8 heteroatoms. The Balaban J connectivity index is 1.84. The third-order valence-electron chi connectivity index (χ3n) is 5.93. The van der Waals surface area contributed by atoms with Crippen molar-refractivity contribution in [3.63, 3.8) is 0 Å². The number of thioether (sulfide) groups is 1. The molecule has 1 aromatic heterocycles. The Bertz CT molecular complexity index is 1230. The molecule has 1 N–H and O–H groups in total. The first-order chi connectivity index (χ1) is 14.5. The highest BCUT2D eigenvalue weighted by atomic mass is 32.2. The molecular weight excluding hydrogens is 406 g/mol. The van der Waals surface area contributed by atoms with E-state index in [1.54, 1.807) is 16.3 Å². The van der Waals surface area contributed by atoms with Crippen LogP contribution >= 0.6 is 11.8 Å². The van der Waals surface area contributed by atoms with E-state index in [4.69, 9.17) is 0 Å². The molecule has 0 amide bonds. The smallest absolute Gasteiger partial charge is 0.350 e. The van der Waals surface area contributed by atoms with Gasteiger partial charge in [0.15, 0.2) is 0 Å². The van der Waals surface area contributed by atoms with E-state index < -0.39 is 11.6 Å².